The van der Waals surface area contributed by atoms with Gasteiger partial charge in [-0.3, -0.25) is 14.5 Å². The molecular formula is C22H25N3O5S. The fraction of sp³-hybridized carbons (Fsp3) is 0.409. The molecule has 4 rings (SSSR count). The maximum Gasteiger partial charge on any atom is 0.325 e. The molecule has 4 amide bonds. The number of nitrogens with one attached hydrogen (secondary N) is 2. The van der Waals surface area contributed by atoms with Crippen LogP contribution in [0.2, 0.25) is 0 Å². The molecule has 2 aliphatic rings. The Labute approximate surface area is 184 Å². The molecule has 1 aliphatic heterocycles. The molecule has 1 aromatic carbocycles. The van der Waals surface area contributed by atoms with Crippen molar-refractivity contribution < 1.29 is 23.9 Å². The number of carbonyl (C=O) groups is 3. The number of amides is 4. The number of urea groups is 1. The van der Waals surface area contributed by atoms with Crippen molar-refractivity contribution in [1.82, 2.24) is 15.5 Å². The van der Waals surface area contributed by atoms with Crippen LogP contribution < -0.4 is 20.1 Å². The lowest BCUT2D eigenvalue weighted by Crippen LogP contribution is -2.46. The smallest absolute Gasteiger partial charge is 0.325 e. The lowest BCUT2D eigenvalue weighted by atomic mass is 9.80. The first-order chi connectivity index (χ1) is 15.0. The molecule has 1 saturated heterocycles. The maximum absolute atomic E-state index is 13.2. The zero-order valence-electron chi connectivity index (χ0n) is 17.5. The zero-order valence-corrected chi connectivity index (χ0v) is 18.3. The van der Waals surface area contributed by atoms with Crippen LogP contribution >= 0.6 is 11.3 Å². The van der Waals surface area contributed by atoms with E-state index in [1.807, 2.05) is 29.6 Å². The Balaban J connectivity index is 1.35. The average Bonchev–Trinajstić information content (AvgIpc) is 3.34. The van der Waals surface area contributed by atoms with Crippen molar-refractivity contribution in [3.05, 3.63) is 45.6 Å². The highest BCUT2D eigenvalue weighted by molar-refractivity contribution is 7.10. The fourth-order valence-electron chi connectivity index (χ4n) is 4.27. The third-order valence-corrected chi connectivity index (χ3v) is 6.80. The number of thiophene rings is 1. The number of aryl methyl sites for hydroxylation is 1. The lowest BCUT2D eigenvalue weighted by molar-refractivity contribution is -0.135. The van der Waals surface area contributed by atoms with Crippen LogP contribution in [0.5, 0.6) is 11.5 Å². The van der Waals surface area contributed by atoms with Gasteiger partial charge in [0.05, 0.1) is 14.2 Å². The van der Waals surface area contributed by atoms with Crippen LogP contribution in [0.15, 0.2) is 29.6 Å². The number of hydrogen-bond acceptors (Lipinski definition) is 6. The molecule has 9 heteroatoms. The van der Waals surface area contributed by atoms with E-state index in [1.165, 1.54) is 0 Å². The topological polar surface area (TPSA) is 97.0 Å². The quantitative estimate of drug-likeness (QED) is 0.640. The second-order valence-corrected chi connectivity index (χ2v) is 8.63. The molecule has 0 radical (unpaired) electrons. The van der Waals surface area contributed by atoms with Crippen LogP contribution in [-0.2, 0) is 28.0 Å². The van der Waals surface area contributed by atoms with E-state index < -0.39 is 11.6 Å². The Morgan fingerprint density at radius 2 is 2.03 bits per heavy atom. The summed E-state index contributed by atoms with van der Waals surface area (Å²) >= 11 is 1.60. The molecule has 0 bridgehead atoms. The van der Waals surface area contributed by atoms with Gasteiger partial charge in [-0.1, -0.05) is 6.07 Å². The highest BCUT2D eigenvalue weighted by Crippen LogP contribution is 2.42. The Kier molecular flexibility index (Phi) is 5.86. The van der Waals surface area contributed by atoms with E-state index in [0.717, 1.165) is 33.7 Å². The molecular weight excluding hydrogens is 418 g/mol. The minimum Gasteiger partial charge on any atom is -0.493 e. The van der Waals surface area contributed by atoms with Gasteiger partial charge in [0.1, 0.15) is 12.1 Å². The van der Waals surface area contributed by atoms with Gasteiger partial charge in [0, 0.05) is 17.0 Å². The van der Waals surface area contributed by atoms with Crippen molar-refractivity contribution in [2.75, 3.05) is 27.3 Å². The van der Waals surface area contributed by atoms with Crippen LogP contribution in [-0.4, -0.2) is 50.1 Å². The van der Waals surface area contributed by atoms with Gasteiger partial charge in [0.25, 0.3) is 5.91 Å². The molecule has 31 heavy (non-hydrogen) atoms. The SMILES string of the molecule is COc1ccc(CCNC(=O)CN2C(=O)N[C@@]3(CCCc4sccc43)C2=O)cc1OC. The molecule has 0 unspecified atom stereocenters. The molecule has 8 nitrogen and oxygen atoms in total. The molecule has 0 saturated carbocycles. The normalized spacial score (nSPS) is 19.9. The molecule has 1 atom stereocenters. The van der Waals surface area contributed by atoms with Crippen molar-refractivity contribution in [2.45, 2.75) is 31.2 Å². The van der Waals surface area contributed by atoms with E-state index in [2.05, 4.69) is 10.6 Å². The number of benzene rings is 1. The predicted molar refractivity (Wildman–Crippen MR) is 115 cm³/mol. The number of methoxy groups -OCH3 is 2. The molecule has 2 heterocycles. The molecule has 1 fully saturated rings. The first kappa shape index (κ1) is 21.2. The summed E-state index contributed by atoms with van der Waals surface area (Å²) < 4.78 is 10.5. The largest absolute Gasteiger partial charge is 0.493 e. The van der Waals surface area contributed by atoms with E-state index in [-0.39, 0.29) is 18.4 Å². The first-order valence-corrected chi connectivity index (χ1v) is 11.0. The molecule has 1 aromatic heterocycles. The maximum atomic E-state index is 13.2. The second kappa shape index (κ2) is 8.58. The monoisotopic (exact) mass is 443 g/mol. The van der Waals surface area contributed by atoms with E-state index in [1.54, 1.807) is 25.6 Å². The van der Waals surface area contributed by atoms with E-state index >= 15 is 0 Å². The number of imide groups is 1. The Morgan fingerprint density at radius 1 is 1.23 bits per heavy atom. The summed E-state index contributed by atoms with van der Waals surface area (Å²) in [5.41, 5.74) is 0.822. The molecule has 1 spiro atoms. The molecule has 1 aliphatic carbocycles. The molecule has 2 aromatic rings. The van der Waals surface area contributed by atoms with E-state index in [9.17, 15) is 14.4 Å². The number of fused-ring (bicyclic) bond motifs is 2. The van der Waals surface area contributed by atoms with Crippen LogP contribution in [0.1, 0.15) is 28.8 Å². The van der Waals surface area contributed by atoms with Gasteiger partial charge in [0.15, 0.2) is 11.5 Å². The van der Waals surface area contributed by atoms with Gasteiger partial charge in [-0.15, -0.1) is 11.3 Å². The minimum atomic E-state index is -1.02. The van der Waals surface area contributed by atoms with Gasteiger partial charge >= 0.3 is 6.03 Å². The zero-order chi connectivity index (χ0) is 22.0. The third kappa shape index (κ3) is 3.85. The Bertz CT molecular complexity index is 1020. The predicted octanol–water partition coefficient (Wildman–Crippen LogP) is 2.21. The molecule has 164 valence electrons. The Hall–Kier alpha value is -3.07. The summed E-state index contributed by atoms with van der Waals surface area (Å²) in [5.74, 6) is 0.546. The first-order valence-electron chi connectivity index (χ1n) is 10.2. The number of carbonyl (C=O) groups excluding carboxylic acids is 3. The summed E-state index contributed by atoms with van der Waals surface area (Å²) in [4.78, 5) is 40.3. The van der Waals surface area contributed by atoms with Gasteiger partial charge in [0.2, 0.25) is 5.91 Å². The minimum absolute atomic E-state index is 0.294. The average molecular weight is 444 g/mol. The number of ether oxygens (including phenoxy) is 2. The van der Waals surface area contributed by atoms with Crippen molar-refractivity contribution in [1.29, 1.82) is 0 Å². The van der Waals surface area contributed by atoms with E-state index in [4.69, 9.17) is 9.47 Å². The van der Waals surface area contributed by atoms with Crippen molar-refractivity contribution >= 4 is 29.2 Å². The van der Waals surface area contributed by atoms with Crippen LogP contribution in [0.4, 0.5) is 4.79 Å². The summed E-state index contributed by atoms with van der Waals surface area (Å²) in [6.07, 6.45) is 2.87. The number of hydrogen-bond donors (Lipinski definition) is 2. The van der Waals surface area contributed by atoms with Crippen LogP contribution in [0.3, 0.4) is 0 Å². The second-order valence-electron chi connectivity index (χ2n) is 7.63. The summed E-state index contributed by atoms with van der Waals surface area (Å²) in [6.45, 7) is 0.0790. The van der Waals surface area contributed by atoms with Crippen LogP contribution in [0, 0.1) is 0 Å². The molecule has 2 N–H and O–H groups in total. The summed E-state index contributed by atoms with van der Waals surface area (Å²) in [5, 5.41) is 7.59. The van der Waals surface area contributed by atoms with Crippen LogP contribution in [0.25, 0.3) is 0 Å². The number of rotatable bonds is 7. The standard InChI is InChI=1S/C22H25N3O5S/c1-29-16-6-5-14(12-17(16)30-2)7-10-23-19(26)13-25-20(27)22(24-21(25)28)9-3-4-18-15(22)8-11-31-18/h5-6,8,11-12H,3-4,7,9-10,13H2,1-2H3,(H,23,26)(H,24,28)/t22-/m1/s1. The Morgan fingerprint density at radius 3 is 2.81 bits per heavy atom. The third-order valence-electron chi connectivity index (χ3n) is 5.82. The highest BCUT2D eigenvalue weighted by atomic mass is 32.1. The van der Waals surface area contributed by atoms with Gasteiger partial charge in [-0.25, -0.2) is 4.79 Å². The van der Waals surface area contributed by atoms with Gasteiger partial charge < -0.3 is 20.1 Å². The van der Waals surface area contributed by atoms with Gasteiger partial charge in [-0.05, 0) is 54.8 Å². The highest BCUT2D eigenvalue weighted by Gasteiger charge is 2.54. The van der Waals surface area contributed by atoms with Gasteiger partial charge in [-0.2, -0.15) is 0 Å². The number of nitrogens with zero attached hydrogens (tertiary/aromatic N) is 1. The van der Waals surface area contributed by atoms with E-state index in [0.29, 0.717) is 30.9 Å². The van der Waals surface area contributed by atoms with Crippen molar-refractivity contribution in [3.8, 4) is 11.5 Å². The summed E-state index contributed by atoms with van der Waals surface area (Å²) in [6, 6.07) is 6.96. The van der Waals surface area contributed by atoms with Crippen molar-refractivity contribution in [3.63, 3.8) is 0 Å². The summed E-state index contributed by atoms with van der Waals surface area (Å²) in [7, 11) is 3.14. The lowest BCUT2D eigenvalue weighted by Gasteiger charge is -2.31. The van der Waals surface area contributed by atoms with Crippen molar-refractivity contribution in [2.24, 2.45) is 0 Å². The fourth-order valence-corrected chi connectivity index (χ4v) is 5.27.